The minimum Gasteiger partial charge on any atom is -0.319 e. The van der Waals surface area contributed by atoms with Gasteiger partial charge in [-0.2, -0.15) is 0 Å². The number of hydrogen-bond acceptors (Lipinski definition) is 2. The van der Waals surface area contributed by atoms with E-state index in [0.717, 1.165) is 17.9 Å². The molecule has 1 saturated heterocycles. The van der Waals surface area contributed by atoms with E-state index in [2.05, 4.69) is 24.2 Å². The number of nitrogens with one attached hydrogen (secondary N) is 1. The summed E-state index contributed by atoms with van der Waals surface area (Å²) in [4.78, 5) is 2.75. The third-order valence-electron chi connectivity index (χ3n) is 4.09. The SMILES string of the molecule is CNCC1CCCN(C2CCC2C)C1. The molecule has 3 unspecified atom stereocenters. The van der Waals surface area contributed by atoms with Gasteiger partial charge in [0.05, 0.1) is 0 Å². The van der Waals surface area contributed by atoms with E-state index in [4.69, 9.17) is 0 Å². The highest BCUT2D eigenvalue weighted by molar-refractivity contribution is 4.89. The van der Waals surface area contributed by atoms with Gasteiger partial charge in [-0.15, -0.1) is 0 Å². The lowest BCUT2D eigenvalue weighted by atomic mass is 9.78. The average molecular weight is 196 g/mol. The lowest BCUT2D eigenvalue weighted by molar-refractivity contribution is 0.0365. The third kappa shape index (κ3) is 2.12. The van der Waals surface area contributed by atoms with E-state index in [1.807, 2.05) is 0 Å². The van der Waals surface area contributed by atoms with Crippen molar-refractivity contribution in [3.05, 3.63) is 0 Å². The molecule has 3 atom stereocenters. The summed E-state index contributed by atoms with van der Waals surface area (Å²) in [6.07, 6.45) is 5.75. The zero-order valence-electron chi connectivity index (χ0n) is 9.63. The smallest absolute Gasteiger partial charge is 0.0121 e. The molecule has 0 aromatic heterocycles. The van der Waals surface area contributed by atoms with E-state index >= 15 is 0 Å². The van der Waals surface area contributed by atoms with E-state index < -0.39 is 0 Å². The summed E-state index contributed by atoms with van der Waals surface area (Å²) in [5.74, 6) is 1.87. The Morgan fingerprint density at radius 2 is 2.14 bits per heavy atom. The molecular formula is C12H24N2. The van der Waals surface area contributed by atoms with Crippen molar-refractivity contribution in [2.24, 2.45) is 11.8 Å². The fraction of sp³-hybridized carbons (Fsp3) is 1.00. The summed E-state index contributed by atoms with van der Waals surface area (Å²) in [7, 11) is 2.07. The van der Waals surface area contributed by atoms with Crippen LogP contribution in [0.5, 0.6) is 0 Å². The maximum Gasteiger partial charge on any atom is 0.0121 e. The lowest BCUT2D eigenvalue weighted by Gasteiger charge is -2.46. The molecule has 0 spiro atoms. The van der Waals surface area contributed by atoms with Crippen molar-refractivity contribution >= 4 is 0 Å². The average Bonchev–Trinajstić information content (AvgIpc) is 2.17. The molecule has 2 nitrogen and oxygen atoms in total. The Labute approximate surface area is 88.1 Å². The van der Waals surface area contributed by atoms with Crippen LogP contribution in [-0.4, -0.2) is 37.6 Å². The van der Waals surface area contributed by atoms with Crippen LogP contribution in [0.2, 0.25) is 0 Å². The van der Waals surface area contributed by atoms with Crippen LogP contribution in [-0.2, 0) is 0 Å². The fourth-order valence-electron chi connectivity index (χ4n) is 3.05. The lowest BCUT2D eigenvalue weighted by Crippen LogP contribution is -2.51. The zero-order chi connectivity index (χ0) is 9.97. The Morgan fingerprint density at radius 3 is 2.71 bits per heavy atom. The van der Waals surface area contributed by atoms with Crippen molar-refractivity contribution in [3.63, 3.8) is 0 Å². The van der Waals surface area contributed by atoms with Crippen molar-refractivity contribution in [3.8, 4) is 0 Å². The first-order chi connectivity index (χ1) is 6.81. The highest BCUT2D eigenvalue weighted by Gasteiger charge is 2.34. The minimum absolute atomic E-state index is 0.904. The molecule has 82 valence electrons. The zero-order valence-corrected chi connectivity index (χ0v) is 9.63. The van der Waals surface area contributed by atoms with Crippen LogP contribution >= 0.6 is 0 Å². The Hall–Kier alpha value is -0.0800. The van der Waals surface area contributed by atoms with E-state index in [-0.39, 0.29) is 0 Å². The largest absolute Gasteiger partial charge is 0.319 e. The van der Waals surface area contributed by atoms with Crippen molar-refractivity contribution in [1.82, 2.24) is 10.2 Å². The maximum atomic E-state index is 3.32. The van der Waals surface area contributed by atoms with Gasteiger partial charge in [0.1, 0.15) is 0 Å². The number of rotatable bonds is 3. The summed E-state index contributed by atoms with van der Waals surface area (Å²) in [6.45, 7) is 6.32. The van der Waals surface area contributed by atoms with Gasteiger partial charge in [-0.05, 0) is 57.7 Å². The summed E-state index contributed by atoms with van der Waals surface area (Å²) in [6, 6.07) is 0.926. The first kappa shape index (κ1) is 10.4. The molecule has 0 radical (unpaired) electrons. The molecule has 0 bridgehead atoms. The number of likely N-dealkylation sites (tertiary alicyclic amines) is 1. The van der Waals surface area contributed by atoms with Crippen LogP contribution in [0.25, 0.3) is 0 Å². The Kier molecular flexibility index (Phi) is 3.45. The highest BCUT2D eigenvalue weighted by atomic mass is 15.2. The molecule has 2 aliphatic rings. The Morgan fingerprint density at radius 1 is 1.29 bits per heavy atom. The van der Waals surface area contributed by atoms with Crippen LogP contribution in [0.15, 0.2) is 0 Å². The van der Waals surface area contributed by atoms with Crippen molar-refractivity contribution in [2.45, 2.75) is 38.6 Å². The van der Waals surface area contributed by atoms with Gasteiger partial charge in [-0.1, -0.05) is 6.92 Å². The molecule has 1 N–H and O–H groups in total. The second-order valence-electron chi connectivity index (χ2n) is 5.18. The van der Waals surface area contributed by atoms with Gasteiger partial charge in [-0.25, -0.2) is 0 Å². The van der Waals surface area contributed by atoms with Gasteiger partial charge in [-0.3, -0.25) is 4.90 Å². The molecule has 0 aromatic rings. The summed E-state index contributed by atoms with van der Waals surface area (Å²) < 4.78 is 0. The second-order valence-corrected chi connectivity index (χ2v) is 5.18. The maximum absolute atomic E-state index is 3.32. The minimum atomic E-state index is 0.904. The van der Waals surface area contributed by atoms with Crippen molar-refractivity contribution in [2.75, 3.05) is 26.7 Å². The summed E-state index contributed by atoms with van der Waals surface area (Å²) in [5.41, 5.74) is 0. The second kappa shape index (κ2) is 4.63. The van der Waals surface area contributed by atoms with Crippen LogP contribution in [0.1, 0.15) is 32.6 Å². The molecule has 1 heterocycles. The Bertz CT molecular complexity index is 179. The van der Waals surface area contributed by atoms with Gasteiger partial charge >= 0.3 is 0 Å². The van der Waals surface area contributed by atoms with Gasteiger partial charge in [0.25, 0.3) is 0 Å². The molecule has 2 rings (SSSR count). The van der Waals surface area contributed by atoms with Crippen LogP contribution in [0.4, 0.5) is 0 Å². The monoisotopic (exact) mass is 196 g/mol. The van der Waals surface area contributed by atoms with Gasteiger partial charge in [0.2, 0.25) is 0 Å². The predicted octanol–water partition coefficient (Wildman–Crippen LogP) is 1.72. The topological polar surface area (TPSA) is 15.3 Å². The first-order valence-corrected chi connectivity index (χ1v) is 6.20. The highest BCUT2D eigenvalue weighted by Crippen LogP contribution is 2.33. The summed E-state index contributed by atoms with van der Waals surface area (Å²) in [5, 5.41) is 3.32. The molecule has 0 amide bonds. The van der Waals surface area contributed by atoms with Gasteiger partial charge < -0.3 is 5.32 Å². The van der Waals surface area contributed by atoms with E-state index in [0.29, 0.717) is 0 Å². The first-order valence-electron chi connectivity index (χ1n) is 6.20. The number of piperidine rings is 1. The molecule has 1 saturated carbocycles. The van der Waals surface area contributed by atoms with Gasteiger partial charge in [0, 0.05) is 12.6 Å². The van der Waals surface area contributed by atoms with Crippen LogP contribution in [0.3, 0.4) is 0 Å². The van der Waals surface area contributed by atoms with Crippen LogP contribution < -0.4 is 5.32 Å². The molecule has 2 heteroatoms. The molecule has 2 fully saturated rings. The molecule has 1 aliphatic heterocycles. The number of hydrogen-bond donors (Lipinski definition) is 1. The van der Waals surface area contributed by atoms with E-state index in [1.165, 1.54) is 45.3 Å². The van der Waals surface area contributed by atoms with Crippen LogP contribution in [0, 0.1) is 11.8 Å². The molecular weight excluding hydrogens is 172 g/mol. The normalized spacial score (nSPS) is 39.4. The van der Waals surface area contributed by atoms with Gasteiger partial charge in [0.15, 0.2) is 0 Å². The van der Waals surface area contributed by atoms with E-state index in [1.54, 1.807) is 0 Å². The fourth-order valence-corrected chi connectivity index (χ4v) is 3.05. The standard InChI is InChI=1S/C12H24N2/c1-10-5-6-12(10)14-7-3-4-11(9-14)8-13-2/h10-13H,3-9H2,1-2H3. The van der Waals surface area contributed by atoms with E-state index in [9.17, 15) is 0 Å². The van der Waals surface area contributed by atoms with Crippen molar-refractivity contribution in [1.29, 1.82) is 0 Å². The van der Waals surface area contributed by atoms with Crippen molar-refractivity contribution < 1.29 is 0 Å². The molecule has 14 heavy (non-hydrogen) atoms. The number of nitrogens with zero attached hydrogens (tertiary/aromatic N) is 1. The summed E-state index contributed by atoms with van der Waals surface area (Å²) >= 11 is 0. The Balaban J connectivity index is 1.81. The predicted molar refractivity (Wildman–Crippen MR) is 60.4 cm³/mol. The quantitative estimate of drug-likeness (QED) is 0.739. The third-order valence-corrected chi connectivity index (χ3v) is 4.09. The molecule has 0 aromatic carbocycles. The molecule has 1 aliphatic carbocycles.